The van der Waals surface area contributed by atoms with Gasteiger partial charge in [-0.1, -0.05) is 12.1 Å². The maximum atomic E-state index is 13.4. The maximum absolute atomic E-state index is 13.4. The van der Waals surface area contributed by atoms with Crippen LogP contribution in [0.2, 0.25) is 0 Å². The highest BCUT2D eigenvalue weighted by atomic mass is 19.4. The molecule has 2 heterocycles. The zero-order valence-electron chi connectivity index (χ0n) is 20.1. The molecule has 2 aromatic carbocycles. The van der Waals surface area contributed by atoms with E-state index in [1.807, 2.05) is 0 Å². The highest BCUT2D eigenvalue weighted by molar-refractivity contribution is 5.85. The molecule has 15 heteroatoms. The van der Waals surface area contributed by atoms with Crippen LogP contribution in [0.5, 0.6) is 0 Å². The Kier molecular flexibility index (Phi) is 6.57. The number of nitrogens with zero attached hydrogens (tertiary/aromatic N) is 4. The molecular formula is C24H17F6N4O5-. The van der Waals surface area contributed by atoms with Gasteiger partial charge < -0.3 is 9.90 Å². The van der Waals surface area contributed by atoms with Crippen molar-refractivity contribution in [2.75, 3.05) is 0 Å². The van der Waals surface area contributed by atoms with Crippen molar-refractivity contribution < 1.29 is 36.2 Å². The lowest BCUT2D eigenvalue weighted by molar-refractivity contribution is -0.255. The van der Waals surface area contributed by atoms with Crippen molar-refractivity contribution in [2.45, 2.75) is 32.4 Å². The van der Waals surface area contributed by atoms with Crippen molar-refractivity contribution in [3.8, 4) is 5.69 Å². The molecule has 0 saturated heterocycles. The summed E-state index contributed by atoms with van der Waals surface area (Å²) in [5, 5.41) is 11.7. The molecule has 0 bridgehead atoms. The Morgan fingerprint density at radius 3 is 2.18 bits per heavy atom. The first-order valence-corrected chi connectivity index (χ1v) is 11.0. The average Bonchev–Trinajstić information content (AvgIpc) is 3.05. The summed E-state index contributed by atoms with van der Waals surface area (Å²) < 4.78 is 81.8. The number of aryl methyl sites for hydroxylation is 1. The Labute approximate surface area is 213 Å². The number of rotatable bonds is 5. The molecule has 0 fully saturated rings. The highest BCUT2D eigenvalue weighted by Gasteiger charge is 2.33. The number of carbonyl (C=O) groups is 1. The van der Waals surface area contributed by atoms with Crippen LogP contribution in [0.15, 0.2) is 57.0 Å². The topological polar surface area (TPSA) is 111 Å². The normalized spacial score (nSPS) is 12.3. The quantitative estimate of drug-likeness (QED) is 0.350. The number of aromatic nitrogens is 4. The van der Waals surface area contributed by atoms with Gasteiger partial charge in [-0.25, -0.2) is 9.59 Å². The molecule has 0 radical (unpaired) electrons. The van der Waals surface area contributed by atoms with Gasteiger partial charge in [-0.15, -0.1) is 0 Å². The molecule has 9 nitrogen and oxygen atoms in total. The van der Waals surface area contributed by atoms with Crippen molar-refractivity contribution in [1.29, 1.82) is 0 Å². The van der Waals surface area contributed by atoms with E-state index in [9.17, 15) is 50.6 Å². The van der Waals surface area contributed by atoms with E-state index in [4.69, 9.17) is 0 Å². The number of alkyl halides is 6. The Balaban J connectivity index is 1.96. The lowest BCUT2D eigenvalue weighted by atomic mass is 10.0. The minimum atomic E-state index is -4.77. The molecule has 0 atom stereocenters. The van der Waals surface area contributed by atoms with Crippen LogP contribution < -0.4 is 22.0 Å². The number of hydrogen-bond donors (Lipinski definition) is 0. The van der Waals surface area contributed by atoms with E-state index >= 15 is 0 Å². The molecule has 0 spiro atoms. The second-order valence-electron chi connectivity index (χ2n) is 8.68. The molecule has 39 heavy (non-hydrogen) atoms. The lowest BCUT2D eigenvalue weighted by Gasteiger charge is -2.17. The van der Waals surface area contributed by atoms with Crippen LogP contribution in [-0.4, -0.2) is 30.4 Å². The summed E-state index contributed by atoms with van der Waals surface area (Å²) in [5.74, 6) is -2.00. The summed E-state index contributed by atoms with van der Waals surface area (Å²) in [4.78, 5) is 50.2. The molecule has 0 saturated carbocycles. The fraction of sp³-hybridized carbons (Fsp3) is 0.250. The predicted octanol–water partition coefficient (Wildman–Crippen LogP) is 1.95. The monoisotopic (exact) mass is 555 g/mol. The maximum Gasteiger partial charge on any atom is 0.416 e. The van der Waals surface area contributed by atoms with Gasteiger partial charge in [-0.05, 0) is 42.3 Å². The molecule has 206 valence electrons. The lowest BCUT2D eigenvalue weighted by Crippen LogP contribution is -2.44. The van der Waals surface area contributed by atoms with E-state index in [2.05, 4.69) is 0 Å². The molecular weight excluding hydrogens is 538 g/mol. The third-order valence-corrected chi connectivity index (χ3v) is 6.22. The molecule has 0 amide bonds. The number of carbonyl (C=O) groups excluding carboxylic acids is 1. The Morgan fingerprint density at radius 1 is 0.923 bits per heavy atom. The first-order chi connectivity index (χ1) is 18.0. The first-order valence-electron chi connectivity index (χ1n) is 11.0. The Bertz CT molecular complexity index is 1810. The van der Waals surface area contributed by atoms with Gasteiger partial charge in [0.15, 0.2) is 0 Å². The van der Waals surface area contributed by atoms with Gasteiger partial charge in [-0.2, -0.15) is 26.3 Å². The summed E-state index contributed by atoms with van der Waals surface area (Å²) in [6.07, 6.45) is -8.91. The van der Waals surface area contributed by atoms with E-state index in [0.717, 1.165) is 29.7 Å². The number of hydrogen-bond acceptors (Lipinski definition) is 5. The first kappa shape index (κ1) is 27.5. The second-order valence-corrected chi connectivity index (χ2v) is 8.68. The number of carboxylic acids is 1. The van der Waals surface area contributed by atoms with Crippen LogP contribution in [0.1, 0.15) is 27.0 Å². The van der Waals surface area contributed by atoms with Gasteiger partial charge in [0.25, 0.3) is 5.56 Å². The summed E-state index contributed by atoms with van der Waals surface area (Å²) in [6.45, 7) is -1.28. The van der Waals surface area contributed by atoms with Crippen molar-refractivity contribution in [2.24, 2.45) is 7.05 Å². The number of carboxylic acid groups (broad SMARTS) is 1. The molecule has 0 aliphatic rings. The van der Waals surface area contributed by atoms with Crippen molar-refractivity contribution >= 4 is 17.0 Å². The largest absolute Gasteiger partial charge is 0.545 e. The van der Waals surface area contributed by atoms with Crippen LogP contribution >= 0.6 is 0 Å². The van der Waals surface area contributed by atoms with Crippen LogP contribution in [0.3, 0.4) is 0 Å². The SMILES string of the molecule is Cc1c(Cn2c(=O)c(C(=O)[O-])cn(-c3ccc4c(c3)n(CC(F)(F)F)c(=O)n4C)c2=O)cccc1C(F)(F)F. The predicted molar refractivity (Wildman–Crippen MR) is 123 cm³/mol. The standard InChI is InChI=1S/C24H18F6N4O5/c1-12-13(4-3-5-16(12)24(28,29)30)9-33-19(35)15(20(36)37)10-32(22(33)39)14-6-7-17-18(8-14)34(11-23(25,26)27)21(38)31(17)2/h3-8,10H,9,11H2,1-2H3,(H,36,37)/p-1. The summed E-state index contributed by atoms with van der Waals surface area (Å²) >= 11 is 0. The zero-order valence-corrected chi connectivity index (χ0v) is 20.1. The van der Waals surface area contributed by atoms with E-state index < -0.39 is 59.5 Å². The molecule has 0 N–H and O–H groups in total. The summed E-state index contributed by atoms with van der Waals surface area (Å²) in [5.41, 5.74) is -6.42. The van der Waals surface area contributed by atoms with E-state index in [1.54, 1.807) is 0 Å². The van der Waals surface area contributed by atoms with Crippen LogP contribution in [-0.2, 0) is 26.3 Å². The fourth-order valence-corrected chi connectivity index (χ4v) is 4.28. The van der Waals surface area contributed by atoms with Crippen LogP contribution in [0.4, 0.5) is 26.3 Å². The second kappa shape index (κ2) is 9.32. The van der Waals surface area contributed by atoms with Crippen molar-refractivity contribution in [3.05, 3.63) is 96.2 Å². The Morgan fingerprint density at radius 2 is 1.59 bits per heavy atom. The minimum absolute atomic E-state index is 0.0640. The van der Waals surface area contributed by atoms with Gasteiger partial charge >= 0.3 is 23.7 Å². The van der Waals surface area contributed by atoms with Gasteiger partial charge in [0.2, 0.25) is 0 Å². The van der Waals surface area contributed by atoms with E-state index in [-0.39, 0.29) is 27.8 Å². The third-order valence-electron chi connectivity index (χ3n) is 6.22. The van der Waals surface area contributed by atoms with Crippen molar-refractivity contribution in [1.82, 2.24) is 18.3 Å². The van der Waals surface area contributed by atoms with Gasteiger partial charge in [0.1, 0.15) is 6.54 Å². The number of fused-ring (bicyclic) bond motifs is 1. The summed E-state index contributed by atoms with van der Waals surface area (Å²) in [6, 6.07) is 6.51. The number of benzene rings is 2. The molecule has 0 unspecified atom stereocenters. The third kappa shape index (κ3) is 4.98. The summed E-state index contributed by atoms with van der Waals surface area (Å²) in [7, 11) is 1.23. The fourth-order valence-electron chi connectivity index (χ4n) is 4.28. The molecule has 0 aliphatic heterocycles. The zero-order chi connectivity index (χ0) is 29.0. The highest BCUT2D eigenvalue weighted by Crippen LogP contribution is 2.33. The average molecular weight is 555 g/mol. The minimum Gasteiger partial charge on any atom is -0.545 e. The molecule has 0 aliphatic carbocycles. The van der Waals surface area contributed by atoms with E-state index in [1.165, 1.54) is 25.2 Å². The smallest absolute Gasteiger partial charge is 0.416 e. The number of halogens is 6. The van der Waals surface area contributed by atoms with E-state index in [0.29, 0.717) is 19.9 Å². The number of aromatic carboxylic acids is 1. The van der Waals surface area contributed by atoms with Gasteiger partial charge in [0.05, 0.1) is 40.4 Å². The van der Waals surface area contributed by atoms with Gasteiger partial charge in [-0.3, -0.25) is 23.1 Å². The molecule has 2 aromatic heterocycles. The van der Waals surface area contributed by atoms with Crippen molar-refractivity contribution in [3.63, 3.8) is 0 Å². The molecule has 4 rings (SSSR count). The molecule has 4 aromatic rings. The number of imidazole rings is 1. The van der Waals surface area contributed by atoms with Gasteiger partial charge in [0, 0.05) is 13.2 Å². The van der Waals surface area contributed by atoms with Crippen LogP contribution in [0, 0.1) is 6.92 Å². The Hall–Kier alpha value is -4.56. The van der Waals surface area contributed by atoms with Crippen LogP contribution in [0.25, 0.3) is 16.7 Å².